The van der Waals surface area contributed by atoms with Gasteiger partial charge >= 0.3 is 18.2 Å². The number of carbonyl (C=O) groups excluding carboxylic acids is 3. The zero-order chi connectivity index (χ0) is 40.8. The first-order valence-corrected chi connectivity index (χ1v) is 20.7. The summed E-state index contributed by atoms with van der Waals surface area (Å²) in [5.41, 5.74) is 0.728. The number of benzene rings is 1. The number of nitrogens with one attached hydrogen (secondary N) is 4. The van der Waals surface area contributed by atoms with Crippen LogP contribution in [-0.4, -0.2) is 128 Å². The molecule has 2 aromatic heterocycles. The molecule has 3 aromatic rings. The van der Waals surface area contributed by atoms with Crippen LogP contribution in [0, 0.1) is 5.92 Å². The Morgan fingerprint density at radius 3 is 2.37 bits per heavy atom. The van der Waals surface area contributed by atoms with Crippen molar-refractivity contribution in [3.05, 3.63) is 41.3 Å². The number of rotatable bonds is 19. The summed E-state index contributed by atoms with van der Waals surface area (Å²) in [6.45, 7) is 4.34. The van der Waals surface area contributed by atoms with E-state index in [1.54, 1.807) is 18.4 Å². The standard InChI is InChI=1S/C35H47N7O6S2.C2HF3O2/c1-46-25-8-6-23(7-9-25)31(44)24-10-15-42(16-11-24)32-26-12-21-49-33(26)41-34(40-32)37-14-18-48-20-19-47-17-13-36-29(43)5-3-2-4-28-30-27(22-50-28)38-35(45)39-30;3-2(4,5)1(6)7/h6-9,12,21,24,27-28,30H,2-5,10-11,13-20,22H2,1H3,(H,36,43)(H,37,40,41)(H2,38,39,45);(H,6,7)/t27-,28?,30-;/m0./s1. The predicted molar refractivity (Wildman–Crippen MR) is 210 cm³/mol. The van der Waals surface area contributed by atoms with Gasteiger partial charge in [-0.05, 0) is 61.4 Å². The van der Waals surface area contributed by atoms with Gasteiger partial charge in [-0.1, -0.05) is 6.42 Å². The zero-order valence-corrected chi connectivity index (χ0v) is 33.1. The Labute approximate surface area is 336 Å². The summed E-state index contributed by atoms with van der Waals surface area (Å²) in [4.78, 5) is 58.4. The number of nitrogens with zero attached hydrogens (tertiary/aromatic N) is 3. The molecule has 3 atom stereocenters. The molecule has 0 aliphatic carbocycles. The maximum absolute atomic E-state index is 13.1. The van der Waals surface area contributed by atoms with E-state index >= 15 is 0 Å². The van der Waals surface area contributed by atoms with E-state index in [0.717, 1.165) is 78.3 Å². The van der Waals surface area contributed by atoms with Crippen molar-refractivity contribution in [2.75, 3.05) is 75.7 Å². The van der Waals surface area contributed by atoms with Crippen molar-refractivity contribution < 1.29 is 51.7 Å². The lowest BCUT2D eigenvalue weighted by Gasteiger charge is -2.32. The molecule has 3 aliphatic rings. The molecule has 0 bridgehead atoms. The van der Waals surface area contributed by atoms with Crippen molar-refractivity contribution >= 4 is 68.8 Å². The number of thiophene rings is 1. The molecule has 0 saturated carbocycles. The number of anilines is 2. The number of aliphatic carboxylic acids is 1. The molecule has 6 rings (SSSR count). The smallest absolute Gasteiger partial charge is 0.490 e. The number of carboxylic acid groups (broad SMARTS) is 1. The van der Waals surface area contributed by atoms with Gasteiger partial charge in [0.15, 0.2) is 5.78 Å². The van der Waals surface area contributed by atoms with Crippen molar-refractivity contribution in [3.63, 3.8) is 0 Å². The Hall–Kier alpha value is -4.40. The monoisotopic (exact) mass is 839 g/mol. The fourth-order valence-electron chi connectivity index (χ4n) is 6.69. The van der Waals surface area contributed by atoms with E-state index in [2.05, 4.69) is 32.2 Å². The average Bonchev–Trinajstić information content (AvgIpc) is 3.93. The lowest BCUT2D eigenvalue weighted by atomic mass is 9.89. The van der Waals surface area contributed by atoms with Crippen molar-refractivity contribution in [1.82, 2.24) is 25.9 Å². The van der Waals surface area contributed by atoms with Gasteiger partial charge in [0, 0.05) is 55.1 Å². The third-order valence-corrected chi connectivity index (χ3v) is 12.0. The minimum absolute atomic E-state index is 0.00944. The largest absolute Gasteiger partial charge is 0.497 e. The van der Waals surface area contributed by atoms with Crippen LogP contribution in [0.4, 0.5) is 29.7 Å². The summed E-state index contributed by atoms with van der Waals surface area (Å²) < 4.78 is 48.3. The lowest BCUT2D eigenvalue weighted by molar-refractivity contribution is -0.192. The first-order chi connectivity index (χ1) is 27.4. The van der Waals surface area contributed by atoms with Crippen molar-refractivity contribution in [1.29, 1.82) is 0 Å². The number of carboxylic acids is 1. The zero-order valence-electron chi connectivity index (χ0n) is 31.5. The molecular formula is C37H48F3N7O8S2. The number of ketones is 1. The number of piperidine rings is 1. The van der Waals surface area contributed by atoms with E-state index < -0.39 is 12.1 Å². The van der Waals surface area contributed by atoms with Gasteiger partial charge in [0.2, 0.25) is 11.9 Å². The van der Waals surface area contributed by atoms with Crippen LogP contribution in [0.2, 0.25) is 0 Å². The number of hydrogen-bond donors (Lipinski definition) is 5. The number of unbranched alkanes of at least 4 members (excludes halogenated alkanes) is 1. The van der Waals surface area contributed by atoms with Gasteiger partial charge in [-0.3, -0.25) is 9.59 Å². The van der Waals surface area contributed by atoms with Crippen molar-refractivity contribution in [2.45, 2.75) is 62.0 Å². The van der Waals surface area contributed by atoms with Crippen LogP contribution in [0.3, 0.4) is 0 Å². The molecule has 3 fully saturated rings. The maximum atomic E-state index is 13.1. The van der Waals surface area contributed by atoms with Crippen molar-refractivity contribution in [2.24, 2.45) is 5.92 Å². The van der Waals surface area contributed by atoms with E-state index in [9.17, 15) is 27.6 Å². The van der Waals surface area contributed by atoms with Gasteiger partial charge in [-0.2, -0.15) is 29.9 Å². The number of methoxy groups -OCH3 is 1. The van der Waals surface area contributed by atoms with Crippen LogP contribution in [0.1, 0.15) is 48.9 Å². The highest BCUT2D eigenvalue weighted by Crippen LogP contribution is 2.34. The highest BCUT2D eigenvalue weighted by molar-refractivity contribution is 8.00. The number of carbonyl (C=O) groups is 4. The number of urea groups is 1. The summed E-state index contributed by atoms with van der Waals surface area (Å²) in [7, 11) is 1.62. The van der Waals surface area contributed by atoms with Gasteiger partial charge < -0.3 is 45.5 Å². The number of ether oxygens (including phenoxy) is 3. The first-order valence-electron chi connectivity index (χ1n) is 18.8. The van der Waals surface area contributed by atoms with Gasteiger partial charge in [0.1, 0.15) is 16.4 Å². The van der Waals surface area contributed by atoms with E-state index in [4.69, 9.17) is 34.1 Å². The van der Waals surface area contributed by atoms with Crippen LogP contribution < -0.4 is 30.9 Å². The Balaban J connectivity index is 0.000000811. The molecule has 0 radical (unpaired) electrons. The van der Waals surface area contributed by atoms with Gasteiger partial charge in [0.25, 0.3) is 0 Å². The summed E-state index contributed by atoms with van der Waals surface area (Å²) >= 11 is 3.49. The molecule has 57 heavy (non-hydrogen) atoms. The molecule has 0 spiro atoms. The maximum Gasteiger partial charge on any atom is 0.490 e. The van der Waals surface area contributed by atoms with Crippen LogP contribution in [-0.2, 0) is 19.1 Å². The van der Waals surface area contributed by atoms with E-state index in [1.165, 1.54) is 0 Å². The number of fused-ring (bicyclic) bond motifs is 2. The van der Waals surface area contributed by atoms with Gasteiger partial charge in [0.05, 0.1) is 51.0 Å². The third-order valence-electron chi connectivity index (χ3n) is 9.64. The Kier molecular flexibility index (Phi) is 16.4. The van der Waals surface area contributed by atoms with E-state index in [1.807, 2.05) is 41.4 Å². The summed E-state index contributed by atoms with van der Waals surface area (Å²) in [6, 6.07) is 9.81. The number of hydrogen-bond acceptors (Lipinski definition) is 13. The van der Waals surface area contributed by atoms with Crippen LogP contribution in [0.5, 0.6) is 5.75 Å². The number of alkyl halides is 3. The second kappa shape index (κ2) is 21.4. The van der Waals surface area contributed by atoms with Gasteiger partial charge in [-0.25, -0.2) is 14.6 Å². The lowest BCUT2D eigenvalue weighted by Crippen LogP contribution is -2.37. The third kappa shape index (κ3) is 13.1. The molecule has 1 aromatic carbocycles. The molecule has 3 amide bonds. The second-order valence-electron chi connectivity index (χ2n) is 13.5. The summed E-state index contributed by atoms with van der Waals surface area (Å²) in [6.07, 6.45) is -0.222. The molecule has 5 N–H and O–H groups in total. The fraction of sp³-hybridized carbons (Fsp3) is 0.568. The molecule has 20 heteroatoms. The number of aromatic nitrogens is 2. The predicted octanol–water partition coefficient (Wildman–Crippen LogP) is 4.72. The topological polar surface area (TPSA) is 193 Å². The Bertz CT molecular complexity index is 1790. The fourth-order valence-corrected chi connectivity index (χ4v) is 8.99. The molecule has 312 valence electrons. The quantitative estimate of drug-likeness (QED) is 0.0634. The number of thioether (sulfide) groups is 1. The minimum atomic E-state index is -5.08. The van der Waals surface area contributed by atoms with Crippen LogP contribution >= 0.6 is 23.1 Å². The normalized spacial score (nSPS) is 19.3. The van der Waals surface area contributed by atoms with Crippen LogP contribution in [0.25, 0.3) is 10.2 Å². The van der Waals surface area contributed by atoms with E-state index in [0.29, 0.717) is 57.1 Å². The highest BCUT2D eigenvalue weighted by atomic mass is 32.2. The Morgan fingerprint density at radius 1 is 0.982 bits per heavy atom. The minimum Gasteiger partial charge on any atom is -0.497 e. The molecule has 3 aliphatic heterocycles. The summed E-state index contributed by atoms with van der Waals surface area (Å²) in [5.74, 6) is 0.624. The van der Waals surface area contributed by atoms with Crippen molar-refractivity contribution in [3.8, 4) is 5.75 Å². The highest BCUT2D eigenvalue weighted by Gasteiger charge is 2.42. The number of halogens is 3. The van der Waals surface area contributed by atoms with Crippen LogP contribution in [0.15, 0.2) is 35.7 Å². The summed E-state index contributed by atoms with van der Waals surface area (Å²) in [5, 5.41) is 22.8. The molecule has 1 unspecified atom stereocenters. The molecule has 5 heterocycles. The molecule has 15 nitrogen and oxygen atoms in total. The number of amides is 3. The SMILES string of the molecule is COc1ccc(C(=O)C2CCN(c3nc(NCCOCCOCCNC(=O)CCCCC4SC[C@@H]5NC(=O)N[C@H]45)nc4sccc34)CC2)cc1.O=C(O)C(F)(F)F. The first kappa shape index (κ1) is 43.7. The van der Waals surface area contributed by atoms with E-state index in [-0.39, 0.29) is 35.7 Å². The second-order valence-corrected chi connectivity index (χ2v) is 15.7. The Morgan fingerprint density at radius 2 is 1.68 bits per heavy atom. The molecular weight excluding hydrogens is 792 g/mol. The average molecular weight is 840 g/mol. The molecule has 3 saturated heterocycles. The van der Waals surface area contributed by atoms with Gasteiger partial charge in [-0.15, -0.1) is 11.3 Å². The number of Topliss-reactive ketones (excluding diaryl/α,β-unsaturated/α-hetero) is 1.